The van der Waals surface area contributed by atoms with E-state index >= 15 is 0 Å². The summed E-state index contributed by atoms with van der Waals surface area (Å²) in [5, 5.41) is 5.72. The van der Waals surface area contributed by atoms with Gasteiger partial charge in [0.25, 0.3) is 0 Å². The van der Waals surface area contributed by atoms with Crippen LogP contribution in [0.15, 0.2) is 46.8 Å². The van der Waals surface area contributed by atoms with Gasteiger partial charge in [-0.15, -0.1) is 11.3 Å². The first-order valence-corrected chi connectivity index (χ1v) is 10.5. The third kappa shape index (κ3) is 5.47. The predicted octanol–water partition coefficient (Wildman–Crippen LogP) is 2.84. The topological polar surface area (TPSA) is 49.3 Å². The number of methoxy groups -OCH3 is 1. The molecule has 6 nitrogen and oxygen atoms in total. The van der Waals surface area contributed by atoms with Crippen molar-refractivity contribution in [1.29, 1.82) is 0 Å². The SMILES string of the molecule is CN=C(NCC(c1cccs1)N1CCOCC1)N(C)Cc1ccc(OC)cc1. The van der Waals surface area contributed by atoms with Crippen molar-refractivity contribution in [3.8, 4) is 5.75 Å². The predicted molar refractivity (Wildman–Crippen MR) is 115 cm³/mol. The maximum atomic E-state index is 5.54. The quantitative estimate of drug-likeness (QED) is 0.570. The van der Waals surface area contributed by atoms with Crippen LogP contribution in [-0.2, 0) is 11.3 Å². The number of morpholine rings is 1. The first kappa shape index (κ1) is 20.6. The second-order valence-electron chi connectivity index (χ2n) is 6.81. The number of guanidine groups is 1. The molecule has 0 spiro atoms. The van der Waals surface area contributed by atoms with E-state index in [4.69, 9.17) is 9.47 Å². The molecule has 1 aromatic carbocycles. The molecular formula is C21H30N4O2S. The van der Waals surface area contributed by atoms with Crippen LogP contribution in [0.1, 0.15) is 16.5 Å². The van der Waals surface area contributed by atoms with Crippen molar-refractivity contribution in [3.05, 3.63) is 52.2 Å². The molecule has 1 aliphatic heterocycles. The van der Waals surface area contributed by atoms with Crippen molar-refractivity contribution in [3.63, 3.8) is 0 Å². The summed E-state index contributed by atoms with van der Waals surface area (Å²) in [5.74, 6) is 1.77. The summed E-state index contributed by atoms with van der Waals surface area (Å²) in [5.41, 5.74) is 1.22. The van der Waals surface area contributed by atoms with Crippen LogP contribution in [-0.4, -0.2) is 69.8 Å². The summed E-state index contributed by atoms with van der Waals surface area (Å²) >= 11 is 1.81. The number of ether oxygens (including phenoxy) is 2. The largest absolute Gasteiger partial charge is 0.497 e. The first-order chi connectivity index (χ1) is 13.7. The normalized spacial score (nSPS) is 16.6. The lowest BCUT2D eigenvalue weighted by molar-refractivity contribution is 0.0176. The van der Waals surface area contributed by atoms with Gasteiger partial charge in [0, 0.05) is 45.2 Å². The lowest BCUT2D eigenvalue weighted by Gasteiger charge is -2.35. The van der Waals surface area contributed by atoms with Gasteiger partial charge in [0.05, 0.1) is 26.4 Å². The lowest BCUT2D eigenvalue weighted by atomic mass is 10.2. The second-order valence-corrected chi connectivity index (χ2v) is 7.79. The molecule has 1 N–H and O–H groups in total. The Morgan fingerprint density at radius 2 is 2.04 bits per heavy atom. The second kappa shape index (κ2) is 10.5. The number of nitrogens with zero attached hydrogens (tertiary/aromatic N) is 3. The Bertz CT molecular complexity index is 727. The molecule has 2 aromatic rings. The fraction of sp³-hybridized carbons (Fsp3) is 0.476. The van der Waals surface area contributed by atoms with E-state index in [0.29, 0.717) is 6.04 Å². The van der Waals surface area contributed by atoms with Gasteiger partial charge in [0.2, 0.25) is 0 Å². The van der Waals surface area contributed by atoms with Gasteiger partial charge in [-0.3, -0.25) is 9.89 Å². The highest BCUT2D eigenvalue weighted by molar-refractivity contribution is 7.10. The van der Waals surface area contributed by atoms with Crippen molar-refractivity contribution >= 4 is 17.3 Å². The van der Waals surface area contributed by atoms with Gasteiger partial charge in [0.15, 0.2) is 5.96 Å². The molecule has 152 valence electrons. The van der Waals surface area contributed by atoms with Crippen molar-refractivity contribution < 1.29 is 9.47 Å². The number of benzene rings is 1. The van der Waals surface area contributed by atoms with Gasteiger partial charge < -0.3 is 19.7 Å². The van der Waals surface area contributed by atoms with Gasteiger partial charge in [-0.2, -0.15) is 0 Å². The van der Waals surface area contributed by atoms with E-state index in [0.717, 1.165) is 51.1 Å². The van der Waals surface area contributed by atoms with Crippen LogP contribution in [0.2, 0.25) is 0 Å². The van der Waals surface area contributed by atoms with Gasteiger partial charge in [-0.1, -0.05) is 18.2 Å². The molecule has 1 aliphatic rings. The Kier molecular flexibility index (Phi) is 7.71. The average Bonchev–Trinajstić information content (AvgIpc) is 3.27. The maximum absolute atomic E-state index is 5.54. The molecule has 0 saturated carbocycles. The molecule has 0 radical (unpaired) electrons. The van der Waals surface area contributed by atoms with Gasteiger partial charge >= 0.3 is 0 Å². The standard InChI is InChI=1S/C21H30N4O2S/c1-22-21(24(2)16-17-6-8-18(26-3)9-7-17)23-15-19(20-5-4-14-28-20)25-10-12-27-13-11-25/h4-9,14,19H,10-13,15-16H2,1-3H3,(H,22,23). The molecule has 28 heavy (non-hydrogen) atoms. The van der Waals surface area contributed by atoms with Crippen LogP contribution in [0.3, 0.4) is 0 Å². The van der Waals surface area contributed by atoms with Crippen LogP contribution in [0.5, 0.6) is 5.75 Å². The molecule has 0 bridgehead atoms. The third-order valence-electron chi connectivity index (χ3n) is 4.96. The van der Waals surface area contributed by atoms with Gasteiger partial charge in [-0.25, -0.2) is 0 Å². The van der Waals surface area contributed by atoms with E-state index in [-0.39, 0.29) is 0 Å². The molecule has 2 heterocycles. The van der Waals surface area contributed by atoms with Crippen LogP contribution >= 0.6 is 11.3 Å². The minimum Gasteiger partial charge on any atom is -0.497 e. The van der Waals surface area contributed by atoms with Crippen molar-refractivity contribution in [2.75, 3.05) is 54.1 Å². The average molecular weight is 403 g/mol. The fourth-order valence-electron chi connectivity index (χ4n) is 3.43. The van der Waals surface area contributed by atoms with Crippen LogP contribution < -0.4 is 10.1 Å². The molecule has 1 atom stereocenters. The van der Waals surface area contributed by atoms with E-state index in [1.165, 1.54) is 10.4 Å². The number of nitrogens with one attached hydrogen (secondary N) is 1. The van der Waals surface area contributed by atoms with Crippen LogP contribution in [0.25, 0.3) is 0 Å². The van der Waals surface area contributed by atoms with Gasteiger partial charge in [-0.05, 0) is 29.1 Å². The zero-order chi connectivity index (χ0) is 19.8. The molecule has 1 aromatic heterocycles. The summed E-state index contributed by atoms with van der Waals surface area (Å²) < 4.78 is 10.8. The molecule has 3 rings (SSSR count). The van der Waals surface area contributed by atoms with E-state index in [9.17, 15) is 0 Å². The third-order valence-corrected chi connectivity index (χ3v) is 5.94. The van der Waals surface area contributed by atoms with Crippen molar-refractivity contribution in [2.45, 2.75) is 12.6 Å². The highest BCUT2D eigenvalue weighted by Gasteiger charge is 2.24. The zero-order valence-corrected chi connectivity index (χ0v) is 17.7. The van der Waals surface area contributed by atoms with Crippen LogP contribution in [0, 0.1) is 0 Å². The number of thiophene rings is 1. The Labute approximate surface area is 171 Å². The van der Waals surface area contributed by atoms with E-state index in [2.05, 4.69) is 56.8 Å². The lowest BCUT2D eigenvalue weighted by Crippen LogP contribution is -2.46. The Morgan fingerprint density at radius 3 is 2.64 bits per heavy atom. The number of hydrogen-bond donors (Lipinski definition) is 1. The Morgan fingerprint density at radius 1 is 1.29 bits per heavy atom. The zero-order valence-electron chi connectivity index (χ0n) is 16.9. The van der Waals surface area contributed by atoms with E-state index in [1.807, 2.05) is 30.5 Å². The molecule has 0 amide bonds. The van der Waals surface area contributed by atoms with Crippen molar-refractivity contribution in [2.24, 2.45) is 4.99 Å². The Hall–Kier alpha value is -2.09. The van der Waals surface area contributed by atoms with E-state index in [1.54, 1.807) is 7.11 Å². The number of hydrogen-bond acceptors (Lipinski definition) is 5. The molecule has 1 fully saturated rings. The smallest absolute Gasteiger partial charge is 0.193 e. The first-order valence-electron chi connectivity index (χ1n) is 9.61. The number of rotatable bonds is 7. The molecule has 0 aliphatic carbocycles. The minimum absolute atomic E-state index is 0.329. The highest BCUT2D eigenvalue weighted by Crippen LogP contribution is 2.25. The van der Waals surface area contributed by atoms with E-state index < -0.39 is 0 Å². The summed E-state index contributed by atoms with van der Waals surface area (Å²) in [4.78, 5) is 10.5. The van der Waals surface area contributed by atoms with Crippen LogP contribution in [0.4, 0.5) is 0 Å². The molecular weight excluding hydrogens is 372 g/mol. The molecule has 7 heteroatoms. The molecule has 1 unspecified atom stereocenters. The van der Waals surface area contributed by atoms with Crippen molar-refractivity contribution in [1.82, 2.24) is 15.1 Å². The minimum atomic E-state index is 0.329. The summed E-state index contributed by atoms with van der Waals surface area (Å²) in [6, 6.07) is 12.8. The van der Waals surface area contributed by atoms with Gasteiger partial charge in [0.1, 0.15) is 5.75 Å². The highest BCUT2D eigenvalue weighted by atomic mass is 32.1. The monoisotopic (exact) mass is 402 g/mol. The summed E-state index contributed by atoms with van der Waals surface area (Å²) in [7, 11) is 5.58. The fourth-order valence-corrected chi connectivity index (χ4v) is 4.29. The number of aliphatic imine (C=N–C) groups is 1. The molecule has 1 saturated heterocycles. The Balaban J connectivity index is 1.61. The summed E-state index contributed by atoms with van der Waals surface area (Å²) in [6.45, 7) is 5.13. The summed E-state index contributed by atoms with van der Waals surface area (Å²) in [6.07, 6.45) is 0. The maximum Gasteiger partial charge on any atom is 0.193 e.